The van der Waals surface area contributed by atoms with Crippen LogP contribution in [0.5, 0.6) is 0 Å². The van der Waals surface area contributed by atoms with E-state index in [4.69, 9.17) is 4.74 Å². The van der Waals surface area contributed by atoms with E-state index in [1.165, 1.54) is 0 Å². The predicted octanol–water partition coefficient (Wildman–Crippen LogP) is -0.0809. The normalized spacial score (nSPS) is 26.1. The van der Waals surface area contributed by atoms with Crippen LogP contribution in [0.4, 0.5) is 0 Å². The summed E-state index contributed by atoms with van der Waals surface area (Å²) in [7, 11) is 0. The minimum absolute atomic E-state index is 0.0647. The summed E-state index contributed by atoms with van der Waals surface area (Å²) in [6.45, 7) is 11.3. The first kappa shape index (κ1) is 13.8. The first-order valence-corrected chi connectivity index (χ1v) is 6.90. The van der Waals surface area contributed by atoms with E-state index >= 15 is 0 Å². The molecule has 0 spiro atoms. The monoisotopic (exact) mass is 255 g/mol. The van der Waals surface area contributed by atoms with Gasteiger partial charge in [-0.1, -0.05) is 0 Å². The van der Waals surface area contributed by atoms with Crippen LogP contribution in [0.25, 0.3) is 0 Å². The molecule has 2 saturated heterocycles. The molecule has 2 aliphatic rings. The predicted molar refractivity (Wildman–Crippen MR) is 70.5 cm³/mol. The number of carbonyl (C=O) groups is 1. The topological polar surface area (TPSA) is 44.8 Å². The Morgan fingerprint density at radius 2 is 1.94 bits per heavy atom. The van der Waals surface area contributed by atoms with Crippen LogP contribution < -0.4 is 5.32 Å². The highest BCUT2D eigenvalue weighted by Crippen LogP contribution is 2.13. The van der Waals surface area contributed by atoms with Gasteiger partial charge in [0.25, 0.3) is 0 Å². The van der Waals surface area contributed by atoms with Crippen LogP contribution in [0.3, 0.4) is 0 Å². The van der Waals surface area contributed by atoms with Gasteiger partial charge >= 0.3 is 0 Å². The van der Waals surface area contributed by atoms with Crippen molar-refractivity contribution in [1.82, 2.24) is 15.1 Å². The number of hydrogen-bond donors (Lipinski definition) is 1. The van der Waals surface area contributed by atoms with E-state index in [1.807, 2.05) is 4.90 Å². The van der Waals surface area contributed by atoms with Gasteiger partial charge in [-0.25, -0.2) is 0 Å². The summed E-state index contributed by atoms with van der Waals surface area (Å²) in [5.41, 5.74) is -0.0647. The Hall–Kier alpha value is -0.650. The molecule has 0 aromatic carbocycles. The minimum Gasteiger partial charge on any atom is -0.379 e. The highest BCUT2D eigenvalue weighted by atomic mass is 16.5. The summed E-state index contributed by atoms with van der Waals surface area (Å²) in [5.74, 6) is 0.276. The molecule has 0 radical (unpaired) electrons. The van der Waals surface area contributed by atoms with Gasteiger partial charge in [0.15, 0.2) is 0 Å². The van der Waals surface area contributed by atoms with Crippen molar-refractivity contribution in [1.29, 1.82) is 0 Å². The average Bonchev–Trinajstić information content (AvgIpc) is 2.46. The molecule has 2 heterocycles. The SMILES string of the molecule is CC1(C)CC(=O)N(CCN2CCOCC2)CCN1. The van der Waals surface area contributed by atoms with E-state index in [2.05, 4.69) is 24.1 Å². The molecule has 0 bridgehead atoms. The average molecular weight is 255 g/mol. The van der Waals surface area contributed by atoms with Crippen LogP contribution in [0.2, 0.25) is 0 Å². The Bertz CT molecular complexity index is 288. The zero-order valence-corrected chi connectivity index (χ0v) is 11.6. The number of nitrogens with zero attached hydrogens (tertiary/aromatic N) is 2. The zero-order chi connectivity index (χ0) is 13.0. The highest BCUT2D eigenvalue weighted by Gasteiger charge is 2.28. The molecule has 0 saturated carbocycles. The maximum atomic E-state index is 12.1. The Morgan fingerprint density at radius 3 is 2.67 bits per heavy atom. The molecule has 5 heteroatoms. The second-order valence-electron chi connectivity index (χ2n) is 5.82. The molecular formula is C13H25N3O2. The van der Waals surface area contributed by atoms with Gasteiger partial charge in [0, 0.05) is 51.2 Å². The lowest BCUT2D eigenvalue weighted by Crippen LogP contribution is -2.43. The second kappa shape index (κ2) is 5.99. The molecule has 104 valence electrons. The standard InChI is InChI=1S/C13H25N3O2/c1-13(2)11-12(17)16(4-3-14-13)6-5-15-7-9-18-10-8-15/h14H,3-11H2,1-2H3. The molecule has 0 atom stereocenters. The molecule has 2 rings (SSSR count). The highest BCUT2D eigenvalue weighted by molar-refractivity contribution is 5.77. The van der Waals surface area contributed by atoms with Gasteiger partial charge in [0.05, 0.1) is 13.2 Å². The van der Waals surface area contributed by atoms with Crippen LogP contribution in [-0.4, -0.2) is 73.7 Å². The summed E-state index contributed by atoms with van der Waals surface area (Å²) >= 11 is 0. The summed E-state index contributed by atoms with van der Waals surface area (Å²) in [6.07, 6.45) is 0.593. The van der Waals surface area contributed by atoms with Gasteiger partial charge in [0.1, 0.15) is 0 Å². The van der Waals surface area contributed by atoms with Gasteiger partial charge in [-0.3, -0.25) is 9.69 Å². The number of nitrogens with one attached hydrogen (secondary N) is 1. The number of hydrogen-bond acceptors (Lipinski definition) is 4. The Morgan fingerprint density at radius 1 is 1.22 bits per heavy atom. The molecule has 18 heavy (non-hydrogen) atoms. The summed E-state index contributed by atoms with van der Waals surface area (Å²) in [5, 5.41) is 3.42. The molecule has 0 aromatic rings. The van der Waals surface area contributed by atoms with E-state index < -0.39 is 0 Å². The van der Waals surface area contributed by atoms with Crippen LogP contribution in [-0.2, 0) is 9.53 Å². The summed E-state index contributed by atoms with van der Waals surface area (Å²) in [4.78, 5) is 16.5. The molecule has 5 nitrogen and oxygen atoms in total. The van der Waals surface area contributed by atoms with Gasteiger partial charge < -0.3 is 15.0 Å². The number of rotatable bonds is 3. The quantitative estimate of drug-likeness (QED) is 0.766. The van der Waals surface area contributed by atoms with E-state index in [1.54, 1.807) is 0 Å². The van der Waals surface area contributed by atoms with Gasteiger partial charge in [-0.05, 0) is 13.8 Å². The third-order valence-electron chi connectivity index (χ3n) is 3.72. The van der Waals surface area contributed by atoms with E-state index in [0.29, 0.717) is 6.42 Å². The Labute approximate surface area is 109 Å². The first-order valence-electron chi connectivity index (χ1n) is 6.90. The van der Waals surface area contributed by atoms with Crippen molar-refractivity contribution in [2.45, 2.75) is 25.8 Å². The fourth-order valence-electron chi connectivity index (χ4n) is 2.53. The third-order valence-corrected chi connectivity index (χ3v) is 3.72. The molecular weight excluding hydrogens is 230 g/mol. The van der Waals surface area contributed by atoms with Crippen molar-refractivity contribution in [3.8, 4) is 0 Å². The van der Waals surface area contributed by atoms with Crippen molar-refractivity contribution in [3.63, 3.8) is 0 Å². The zero-order valence-electron chi connectivity index (χ0n) is 11.6. The molecule has 0 aromatic heterocycles. The first-order chi connectivity index (χ1) is 8.57. The lowest BCUT2D eigenvalue weighted by Gasteiger charge is -2.29. The molecule has 1 N–H and O–H groups in total. The van der Waals surface area contributed by atoms with E-state index in [-0.39, 0.29) is 11.4 Å². The Balaban J connectivity index is 1.79. The van der Waals surface area contributed by atoms with Crippen LogP contribution >= 0.6 is 0 Å². The number of amides is 1. The second-order valence-corrected chi connectivity index (χ2v) is 5.82. The van der Waals surface area contributed by atoms with Gasteiger partial charge in [-0.2, -0.15) is 0 Å². The Kier molecular flexibility index (Phi) is 4.59. The molecule has 0 unspecified atom stereocenters. The van der Waals surface area contributed by atoms with Crippen molar-refractivity contribution in [3.05, 3.63) is 0 Å². The van der Waals surface area contributed by atoms with Crippen LogP contribution in [0, 0.1) is 0 Å². The molecule has 0 aliphatic carbocycles. The van der Waals surface area contributed by atoms with Crippen molar-refractivity contribution >= 4 is 5.91 Å². The largest absolute Gasteiger partial charge is 0.379 e. The van der Waals surface area contributed by atoms with E-state index in [0.717, 1.165) is 52.5 Å². The number of carbonyl (C=O) groups excluding carboxylic acids is 1. The van der Waals surface area contributed by atoms with Crippen molar-refractivity contribution < 1.29 is 9.53 Å². The lowest BCUT2D eigenvalue weighted by atomic mass is 10.0. The fourth-order valence-corrected chi connectivity index (χ4v) is 2.53. The van der Waals surface area contributed by atoms with Crippen LogP contribution in [0.1, 0.15) is 20.3 Å². The minimum atomic E-state index is -0.0647. The van der Waals surface area contributed by atoms with Crippen molar-refractivity contribution in [2.75, 3.05) is 52.5 Å². The third kappa shape index (κ3) is 3.93. The molecule has 2 aliphatic heterocycles. The van der Waals surface area contributed by atoms with Gasteiger partial charge in [0.2, 0.25) is 5.91 Å². The molecule has 1 amide bonds. The smallest absolute Gasteiger partial charge is 0.224 e. The van der Waals surface area contributed by atoms with Crippen molar-refractivity contribution in [2.24, 2.45) is 0 Å². The number of ether oxygens (including phenoxy) is 1. The maximum absolute atomic E-state index is 12.1. The maximum Gasteiger partial charge on any atom is 0.224 e. The number of morpholine rings is 1. The van der Waals surface area contributed by atoms with Crippen LogP contribution in [0.15, 0.2) is 0 Å². The van der Waals surface area contributed by atoms with Gasteiger partial charge in [-0.15, -0.1) is 0 Å². The fraction of sp³-hybridized carbons (Fsp3) is 0.923. The lowest BCUT2D eigenvalue weighted by molar-refractivity contribution is -0.131. The summed E-state index contributed by atoms with van der Waals surface area (Å²) in [6, 6.07) is 0. The molecule has 2 fully saturated rings. The summed E-state index contributed by atoms with van der Waals surface area (Å²) < 4.78 is 5.33. The van der Waals surface area contributed by atoms with E-state index in [9.17, 15) is 4.79 Å².